The minimum absolute atomic E-state index is 0.0556. The summed E-state index contributed by atoms with van der Waals surface area (Å²) in [5, 5.41) is 0. The van der Waals surface area contributed by atoms with E-state index in [9.17, 15) is 4.79 Å². The van der Waals surface area contributed by atoms with Gasteiger partial charge in [-0.15, -0.1) is 0 Å². The van der Waals surface area contributed by atoms with Crippen LogP contribution in [-0.2, 0) is 4.79 Å². The van der Waals surface area contributed by atoms with Gasteiger partial charge in [-0.25, -0.2) is 0 Å². The Bertz CT molecular complexity index is 205. The summed E-state index contributed by atoms with van der Waals surface area (Å²) in [5.41, 5.74) is -0.0556. The number of ketones is 1. The van der Waals surface area contributed by atoms with Gasteiger partial charge in [-0.1, -0.05) is 12.2 Å². The van der Waals surface area contributed by atoms with Gasteiger partial charge in [-0.2, -0.15) is 0 Å². The highest BCUT2D eigenvalue weighted by Gasteiger charge is 2.45. The van der Waals surface area contributed by atoms with Crippen molar-refractivity contribution in [3.8, 4) is 0 Å². The zero-order chi connectivity index (χ0) is 7.19. The summed E-state index contributed by atoms with van der Waals surface area (Å²) >= 11 is 0. The van der Waals surface area contributed by atoms with E-state index >= 15 is 0 Å². The van der Waals surface area contributed by atoms with E-state index in [2.05, 4.69) is 19.1 Å². The van der Waals surface area contributed by atoms with Crippen LogP contribution in [0, 0.1) is 11.3 Å². The van der Waals surface area contributed by atoms with Gasteiger partial charge < -0.3 is 0 Å². The molecule has 2 atom stereocenters. The number of hydrogen-bond acceptors (Lipinski definition) is 1. The second-order valence-corrected chi connectivity index (χ2v) is 3.58. The molecule has 1 saturated carbocycles. The SMILES string of the molecule is C[C@@]12C=CC[C@@H]1CCC2=O. The first kappa shape index (κ1) is 6.14. The van der Waals surface area contributed by atoms with Crippen molar-refractivity contribution in [2.45, 2.75) is 26.2 Å². The molecule has 0 N–H and O–H groups in total. The van der Waals surface area contributed by atoms with Gasteiger partial charge in [0.15, 0.2) is 0 Å². The second kappa shape index (κ2) is 1.71. The molecule has 0 spiro atoms. The third kappa shape index (κ3) is 0.556. The van der Waals surface area contributed by atoms with E-state index in [1.54, 1.807) is 0 Å². The maximum Gasteiger partial charge on any atom is 0.142 e. The summed E-state index contributed by atoms with van der Waals surface area (Å²) in [4.78, 5) is 11.3. The van der Waals surface area contributed by atoms with Crippen LogP contribution in [0.2, 0.25) is 0 Å². The fraction of sp³-hybridized carbons (Fsp3) is 0.667. The van der Waals surface area contributed by atoms with Gasteiger partial charge in [0.1, 0.15) is 5.78 Å². The Hall–Kier alpha value is -0.590. The highest BCUT2D eigenvalue weighted by Crippen LogP contribution is 2.47. The van der Waals surface area contributed by atoms with Crippen LogP contribution in [0.1, 0.15) is 26.2 Å². The van der Waals surface area contributed by atoms with Gasteiger partial charge >= 0.3 is 0 Å². The van der Waals surface area contributed by atoms with Crippen molar-refractivity contribution in [2.75, 3.05) is 0 Å². The maximum absolute atomic E-state index is 11.3. The van der Waals surface area contributed by atoms with Crippen LogP contribution in [0.25, 0.3) is 0 Å². The molecule has 2 aliphatic carbocycles. The van der Waals surface area contributed by atoms with Gasteiger partial charge in [0.05, 0.1) is 0 Å². The van der Waals surface area contributed by atoms with Crippen LogP contribution in [-0.4, -0.2) is 5.78 Å². The molecule has 0 saturated heterocycles. The molecule has 2 aliphatic rings. The van der Waals surface area contributed by atoms with Crippen molar-refractivity contribution >= 4 is 5.78 Å². The topological polar surface area (TPSA) is 17.1 Å². The third-order valence-corrected chi connectivity index (χ3v) is 3.05. The predicted octanol–water partition coefficient (Wildman–Crippen LogP) is 1.93. The molecule has 0 radical (unpaired) electrons. The lowest BCUT2D eigenvalue weighted by Crippen LogP contribution is -2.22. The molecule has 0 aromatic heterocycles. The quantitative estimate of drug-likeness (QED) is 0.465. The molecule has 1 fully saturated rings. The van der Waals surface area contributed by atoms with Crippen LogP contribution in [0.15, 0.2) is 12.2 Å². The lowest BCUT2D eigenvalue weighted by molar-refractivity contribution is -0.123. The molecule has 0 aromatic rings. The van der Waals surface area contributed by atoms with E-state index in [-0.39, 0.29) is 5.41 Å². The summed E-state index contributed by atoms with van der Waals surface area (Å²) in [6.07, 6.45) is 7.31. The average Bonchev–Trinajstić information content (AvgIpc) is 2.36. The molecule has 54 valence electrons. The van der Waals surface area contributed by atoms with Gasteiger partial charge in [0, 0.05) is 11.8 Å². The molecule has 0 heterocycles. The number of carbonyl (C=O) groups excluding carboxylic acids is 1. The fourth-order valence-corrected chi connectivity index (χ4v) is 2.17. The number of fused-ring (bicyclic) bond motifs is 1. The second-order valence-electron chi connectivity index (χ2n) is 3.58. The highest BCUT2D eigenvalue weighted by atomic mass is 16.1. The van der Waals surface area contributed by atoms with Crippen LogP contribution < -0.4 is 0 Å². The minimum Gasteiger partial charge on any atom is -0.299 e. The summed E-state index contributed by atoms with van der Waals surface area (Å²) in [6, 6.07) is 0. The molecule has 10 heavy (non-hydrogen) atoms. The Morgan fingerprint density at radius 1 is 1.70 bits per heavy atom. The van der Waals surface area contributed by atoms with Crippen LogP contribution >= 0.6 is 0 Å². The Kier molecular flexibility index (Phi) is 1.05. The normalized spacial score (nSPS) is 44.5. The Morgan fingerprint density at radius 3 is 3.20 bits per heavy atom. The van der Waals surface area contributed by atoms with Crippen molar-refractivity contribution in [3.63, 3.8) is 0 Å². The maximum atomic E-state index is 11.3. The summed E-state index contributed by atoms with van der Waals surface area (Å²) < 4.78 is 0. The average molecular weight is 136 g/mol. The van der Waals surface area contributed by atoms with Gasteiger partial charge in [0.2, 0.25) is 0 Å². The van der Waals surface area contributed by atoms with Crippen LogP contribution in [0.3, 0.4) is 0 Å². The van der Waals surface area contributed by atoms with E-state index in [0.717, 1.165) is 19.3 Å². The molecule has 0 aromatic carbocycles. The predicted molar refractivity (Wildman–Crippen MR) is 39.6 cm³/mol. The molecular formula is C9H12O. The number of hydrogen-bond donors (Lipinski definition) is 0. The molecule has 2 rings (SSSR count). The number of carbonyl (C=O) groups is 1. The molecule has 1 nitrogen and oxygen atoms in total. The van der Waals surface area contributed by atoms with Gasteiger partial charge in [-0.3, -0.25) is 4.79 Å². The first-order valence-corrected chi connectivity index (χ1v) is 3.94. The Labute approximate surface area is 61.1 Å². The largest absolute Gasteiger partial charge is 0.299 e. The molecule has 0 bridgehead atoms. The lowest BCUT2D eigenvalue weighted by Gasteiger charge is -2.19. The minimum atomic E-state index is -0.0556. The molecule has 1 heteroatoms. The van der Waals surface area contributed by atoms with E-state index < -0.39 is 0 Å². The van der Waals surface area contributed by atoms with Gasteiger partial charge in [-0.05, 0) is 25.7 Å². The lowest BCUT2D eigenvalue weighted by atomic mass is 9.82. The first-order valence-electron chi connectivity index (χ1n) is 3.94. The summed E-state index contributed by atoms with van der Waals surface area (Å²) in [5.74, 6) is 1.09. The Morgan fingerprint density at radius 2 is 2.50 bits per heavy atom. The monoisotopic (exact) mass is 136 g/mol. The van der Waals surface area contributed by atoms with Crippen molar-refractivity contribution < 1.29 is 4.79 Å². The zero-order valence-electron chi connectivity index (χ0n) is 6.26. The molecular weight excluding hydrogens is 124 g/mol. The van der Waals surface area contributed by atoms with Crippen molar-refractivity contribution in [3.05, 3.63) is 12.2 Å². The summed E-state index contributed by atoms with van der Waals surface area (Å²) in [7, 11) is 0. The van der Waals surface area contributed by atoms with E-state index in [1.165, 1.54) is 0 Å². The van der Waals surface area contributed by atoms with Crippen LogP contribution in [0.5, 0.6) is 0 Å². The smallest absolute Gasteiger partial charge is 0.142 e. The summed E-state index contributed by atoms with van der Waals surface area (Å²) in [6.45, 7) is 2.08. The Balaban J connectivity index is 2.38. The zero-order valence-corrected chi connectivity index (χ0v) is 6.26. The standard InChI is InChI=1S/C9H12O/c1-9-6-2-3-7(9)4-5-8(9)10/h2,6-7H,3-5H2,1H3/t7-,9-/m1/s1. The third-order valence-electron chi connectivity index (χ3n) is 3.05. The molecule has 0 amide bonds. The first-order chi connectivity index (χ1) is 4.73. The molecule has 0 aliphatic heterocycles. The van der Waals surface area contributed by atoms with Crippen molar-refractivity contribution in [2.24, 2.45) is 11.3 Å². The number of rotatable bonds is 0. The fourth-order valence-electron chi connectivity index (χ4n) is 2.17. The van der Waals surface area contributed by atoms with Crippen LogP contribution in [0.4, 0.5) is 0 Å². The van der Waals surface area contributed by atoms with Crippen molar-refractivity contribution in [1.29, 1.82) is 0 Å². The highest BCUT2D eigenvalue weighted by molar-refractivity contribution is 5.89. The van der Waals surface area contributed by atoms with E-state index in [4.69, 9.17) is 0 Å². The number of Topliss-reactive ketones (excluding diaryl/α,β-unsaturated/α-hetero) is 1. The van der Waals surface area contributed by atoms with Gasteiger partial charge in [0.25, 0.3) is 0 Å². The number of allylic oxidation sites excluding steroid dienone is 2. The van der Waals surface area contributed by atoms with E-state index in [1.807, 2.05) is 0 Å². The van der Waals surface area contributed by atoms with E-state index in [0.29, 0.717) is 11.7 Å². The van der Waals surface area contributed by atoms with Crippen molar-refractivity contribution in [1.82, 2.24) is 0 Å². The molecule has 0 unspecified atom stereocenters.